The number of para-hydroxylation sites is 1. The average molecular weight is 434 g/mol. The molecule has 1 aromatic heterocycles. The SMILES string of the molecule is CCc1ccccc1N1CC(C(=O)Nc2cccc(NC(=O)c3cccs3)c2)CC1=O. The summed E-state index contributed by atoms with van der Waals surface area (Å²) in [6.07, 6.45) is 0.999. The molecule has 1 unspecified atom stereocenters. The maximum Gasteiger partial charge on any atom is 0.265 e. The van der Waals surface area contributed by atoms with Crippen molar-refractivity contribution in [2.45, 2.75) is 19.8 Å². The van der Waals surface area contributed by atoms with E-state index in [1.165, 1.54) is 11.3 Å². The quantitative estimate of drug-likeness (QED) is 0.598. The number of thiophene rings is 1. The third kappa shape index (κ3) is 4.67. The molecule has 1 aliphatic heterocycles. The average Bonchev–Trinajstić information content (AvgIpc) is 3.44. The number of carbonyl (C=O) groups excluding carboxylic acids is 3. The van der Waals surface area contributed by atoms with Crippen LogP contribution in [-0.2, 0) is 16.0 Å². The highest BCUT2D eigenvalue weighted by Crippen LogP contribution is 2.29. The van der Waals surface area contributed by atoms with Crippen molar-refractivity contribution in [3.8, 4) is 0 Å². The standard InChI is InChI=1S/C24H23N3O3S/c1-2-16-7-3-4-10-20(16)27-15-17(13-22(27)28)23(29)25-18-8-5-9-19(14-18)26-24(30)21-11-6-12-31-21/h3-12,14,17H,2,13,15H2,1H3,(H,25,29)(H,26,30). The largest absolute Gasteiger partial charge is 0.326 e. The topological polar surface area (TPSA) is 78.5 Å². The van der Waals surface area contributed by atoms with Crippen molar-refractivity contribution in [3.05, 3.63) is 76.5 Å². The highest BCUT2D eigenvalue weighted by molar-refractivity contribution is 7.12. The van der Waals surface area contributed by atoms with Gasteiger partial charge in [-0.25, -0.2) is 0 Å². The van der Waals surface area contributed by atoms with Crippen LogP contribution in [0.2, 0.25) is 0 Å². The highest BCUT2D eigenvalue weighted by Gasteiger charge is 2.35. The lowest BCUT2D eigenvalue weighted by molar-refractivity contribution is -0.122. The van der Waals surface area contributed by atoms with Gasteiger partial charge in [0, 0.05) is 30.0 Å². The van der Waals surface area contributed by atoms with E-state index in [-0.39, 0.29) is 24.1 Å². The molecule has 1 atom stereocenters. The summed E-state index contributed by atoms with van der Waals surface area (Å²) >= 11 is 1.36. The van der Waals surface area contributed by atoms with Gasteiger partial charge in [-0.15, -0.1) is 11.3 Å². The number of anilines is 3. The Morgan fingerprint density at radius 2 is 1.81 bits per heavy atom. The molecule has 31 heavy (non-hydrogen) atoms. The molecule has 0 aliphatic carbocycles. The van der Waals surface area contributed by atoms with Gasteiger partial charge in [0.1, 0.15) is 0 Å². The van der Waals surface area contributed by atoms with E-state index in [1.807, 2.05) is 42.6 Å². The molecule has 158 valence electrons. The Balaban J connectivity index is 1.42. The van der Waals surface area contributed by atoms with E-state index in [9.17, 15) is 14.4 Å². The second kappa shape index (κ2) is 9.14. The Morgan fingerprint density at radius 1 is 1.03 bits per heavy atom. The van der Waals surface area contributed by atoms with Gasteiger partial charge in [-0.3, -0.25) is 14.4 Å². The Bertz CT molecular complexity index is 1110. The number of amides is 3. The van der Waals surface area contributed by atoms with E-state index in [1.54, 1.807) is 35.2 Å². The zero-order valence-electron chi connectivity index (χ0n) is 17.1. The first-order valence-corrected chi connectivity index (χ1v) is 11.1. The van der Waals surface area contributed by atoms with Crippen LogP contribution >= 0.6 is 11.3 Å². The Labute approximate surface area is 184 Å². The number of rotatable bonds is 6. The van der Waals surface area contributed by atoms with Gasteiger partial charge in [-0.2, -0.15) is 0 Å². The first-order chi connectivity index (χ1) is 15.0. The van der Waals surface area contributed by atoms with Crippen molar-refractivity contribution in [1.29, 1.82) is 0 Å². The van der Waals surface area contributed by atoms with Crippen molar-refractivity contribution >= 4 is 46.1 Å². The number of nitrogens with zero attached hydrogens (tertiary/aromatic N) is 1. The number of hydrogen-bond acceptors (Lipinski definition) is 4. The summed E-state index contributed by atoms with van der Waals surface area (Å²) in [6, 6.07) is 18.4. The van der Waals surface area contributed by atoms with Crippen molar-refractivity contribution in [2.24, 2.45) is 5.92 Å². The fraction of sp³-hybridized carbons (Fsp3) is 0.208. The summed E-state index contributed by atoms with van der Waals surface area (Å²) in [5.74, 6) is -0.864. The summed E-state index contributed by atoms with van der Waals surface area (Å²) in [7, 11) is 0. The van der Waals surface area contributed by atoms with Crippen molar-refractivity contribution in [2.75, 3.05) is 22.1 Å². The summed E-state index contributed by atoms with van der Waals surface area (Å²) < 4.78 is 0. The predicted octanol–water partition coefficient (Wildman–Crippen LogP) is 4.55. The zero-order valence-corrected chi connectivity index (χ0v) is 17.9. The van der Waals surface area contributed by atoms with Gasteiger partial charge < -0.3 is 15.5 Å². The summed E-state index contributed by atoms with van der Waals surface area (Å²) in [4.78, 5) is 40.0. The van der Waals surface area contributed by atoms with E-state index in [0.717, 1.165) is 17.7 Å². The minimum Gasteiger partial charge on any atom is -0.326 e. The Kier molecular flexibility index (Phi) is 6.13. The number of carbonyl (C=O) groups is 3. The normalized spacial score (nSPS) is 15.7. The molecule has 3 amide bonds. The van der Waals surface area contributed by atoms with Gasteiger partial charge in [-0.05, 0) is 47.7 Å². The Morgan fingerprint density at radius 3 is 2.55 bits per heavy atom. The fourth-order valence-corrected chi connectivity index (χ4v) is 4.33. The van der Waals surface area contributed by atoms with Crippen LogP contribution in [0.3, 0.4) is 0 Å². The summed E-state index contributed by atoms with van der Waals surface area (Å²) in [5.41, 5.74) is 3.14. The van der Waals surface area contributed by atoms with Crippen molar-refractivity contribution in [3.63, 3.8) is 0 Å². The molecule has 4 rings (SSSR count). The third-order valence-electron chi connectivity index (χ3n) is 5.29. The molecule has 2 heterocycles. The van der Waals surface area contributed by atoms with E-state index < -0.39 is 5.92 Å². The molecule has 7 heteroatoms. The van der Waals surface area contributed by atoms with E-state index >= 15 is 0 Å². The van der Waals surface area contributed by atoms with Gasteiger partial charge >= 0.3 is 0 Å². The lowest BCUT2D eigenvalue weighted by atomic mass is 10.1. The molecule has 0 saturated carbocycles. The molecule has 0 spiro atoms. The molecule has 1 fully saturated rings. The van der Waals surface area contributed by atoms with Crippen molar-refractivity contribution in [1.82, 2.24) is 0 Å². The van der Waals surface area contributed by atoms with Gasteiger partial charge in [0.15, 0.2) is 0 Å². The minimum atomic E-state index is -0.429. The van der Waals surface area contributed by atoms with Crippen LogP contribution in [0.4, 0.5) is 17.1 Å². The third-order valence-corrected chi connectivity index (χ3v) is 6.16. The lowest BCUT2D eigenvalue weighted by Gasteiger charge is -2.20. The molecule has 6 nitrogen and oxygen atoms in total. The van der Waals surface area contributed by atoms with Gasteiger partial charge in [0.25, 0.3) is 5.91 Å². The van der Waals surface area contributed by atoms with Crippen LogP contribution in [-0.4, -0.2) is 24.3 Å². The Hall–Kier alpha value is -3.45. The van der Waals surface area contributed by atoms with Crippen LogP contribution in [0.1, 0.15) is 28.6 Å². The number of benzene rings is 2. The molecule has 0 radical (unpaired) electrons. The number of nitrogens with one attached hydrogen (secondary N) is 2. The van der Waals surface area contributed by atoms with Gasteiger partial charge in [-0.1, -0.05) is 37.3 Å². The van der Waals surface area contributed by atoms with Crippen LogP contribution < -0.4 is 15.5 Å². The smallest absolute Gasteiger partial charge is 0.265 e. The molecule has 3 aromatic rings. The summed E-state index contributed by atoms with van der Waals surface area (Å²) in [5, 5.41) is 7.56. The number of hydrogen-bond donors (Lipinski definition) is 2. The van der Waals surface area contributed by atoms with Crippen LogP contribution in [0, 0.1) is 5.92 Å². The monoisotopic (exact) mass is 433 g/mol. The van der Waals surface area contributed by atoms with Crippen molar-refractivity contribution < 1.29 is 14.4 Å². The van der Waals surface area contributed by atoms with E-state index in [4.69, 9.17) is 0 Å². The molecule has 2 aromatic carbocycles. The molecule has 1 aliphatic rings. The molecule has 1 saturated heterocycles. The maximum atomic E-state index is 12.8. The number of aryl methyl sites for hydroxylation is 1. The maximum absolute atomic E-state index is 12.8. The first-order valence-electron chi connectivity index (χ1n) is 10.2. The van der Waals surface area contributed by atoms with Crippen LogP contribution in [0.25, 0.3) is 0 Å². The van der Waals surface area contributed by atoms with Gasteiger partial charge in [0.05, 0.1) is 10.8 Å². The first kappa shape index (κ1) is 20.8. The van der Waals surface area contributed by atoms with E-state index in [0.29, 0.717) is 22.8 Å². The highest BCUT2D eigenvalue weighted by atomic mass is 32.1. The van der Waals surface area contributed by atoms with Crippen LogP contribution in [0.15, 0.2) is 66.0 Å². The molecular formula is C24H23N3O3S. The molecular weight excluding hydrogens is 410 g/mol. The van der Waals surface area contributed by atoms with E-state index in [2.05, 4.69) is 10.6 Å². The summed E-state index contributed by atoms with van der Waals surface area (Å²) in [6.45, 7) is 2.41. The lowest BCUT2D eigenvalue weighted by Crippen LogP contribution is -2.28. The predicted molar refractivity (Wildman–Crippen MR) is 124 cm³/mol. The molecule has 2 N–H and O–H groups in total. The second-order valence-electron chi connectivity index (χ2n) is 7.39. The minimum absolute atomic E-state index is 0.0435. The fourth-order valence-electron chi connectivity index (χ4n) is 3.71. The molecule has 0 bridgehead atoms. The van der Waals surface area contributed by atoms with Crippen LogP contribution in [0.5, 0.6) is 0 Å². The van der Waals surface area contributed by atoms with Gasteiger partial charge in [0.2, 0.25) is 11.8 Å². The second-order valence-corrected chi connectivity index (χ2v) is 8.34. The zero-order chi connectivity index (χ0) is 21.8.